The van der Waals surface area contributed by atoms with Crippen molar-refractivity contribution in [1.82, 2.24) is 0 Å². The predicted molar refractivity (Wildman–Crippen MR) is 62.3 cm³/mol. The number of hydrogen-bond donors (Lipinski definition) is 2. The van der Waals surface area contributed by atoms with Crippen LogP contribution in [0.5, 0.6) is 0 Å². The molecule has 0 aromatic heterocycles. The van der Waals surface area contributed by atoms with Gasteiger partial charge >= 0.3 is 0 Å². The zero-order valence-corrected chi connectivity index (χ0v) is 9.35. The highest BCUT2D eigenvalue weighted by Gasteiger charge is 2.10. The van der Waals surface area contributed by atoms with Crippen LogP contribution in [0.4, 0.5) is 5.69 Å². The van der Waals surface area contributed by atoms with E-state index in [2.05, 4.69) is 6.07 Å². The zero-order chi connectivity index (χ0) is 12.0. The molecule has 0 unspecified atom stereocenters. The quantitative estimate of drug-likeness (QED) is 0.765. The first kappa shape index (κ1) is 12.5. The van der Waals surface area contributed by atoms with E-state index in [0.717, 1.165) is 11.3 Å². The van der Waals surface area contributed by atoms with Gasteiger partial charge in [-0.25, -0.2) is 0 Å². The molecule has 0 saturated carbocycles. The van der Waals surface area contributed by atoms with E-state index < -0.39 is 0 Å². The van der Waals surface area contributed by atoms with Crippen molar-refractivity contribution in [1.29, 1.82) is 5.26 Å². The Morgan fingerprint density at radius 1 is 1.25 bits per heavy atom. The number of rotatable bonds is 5. The third-order valence-electron chi connectivity index (χ3n) is 2.35. The Hall–Kier alpha value is -1.57. The highest BCUT2D eigenvalue weighted by atomic mass is 16.3. The summed E-state index contributed by atoms with van der Waals surface area (Å²) < 4.78 is 0. The molecule has 16 heavy (non-hydrogen) atoms. The second-order valence-electron chi connectivity index (χ2n) is 3.57. The van der Waals surface area contributed by atoms with Gasteiger partial charge in [-0.15, -0.1) is 0 Å². The lowest BCUT2D eigenvalue weighted by Gasteiger charge is -2.24. The van der Waals surface area contributed by atoms with Crippen molar-refractivity contribution >= 4 is 5.69 Å². The van der Waals surface area contributed by atoms with E-state index in [1.54, 1.807) is 11.0 Å². The van der Waals surface area contributed by atoms with Gasteiger partial charge in [0.05, 0.1) is 24.5 Å². The maximum atomic E-state index is 9.03. The van der Waals surface area contributed by atoms with Crippen LogP contribution in [0.3, 0.4) is 0 Å². The van der Waals surface area contributed by atoms with Gasteiger partial charge in [0.25, 0.3) is 0 Å². The van der Waals surface area contributed by atoms with Gasteiger partial charge in [0, 0.05) is 13.1 Å². The van der Waals surface area contributed by atoms with Gasteiger partial charge in [-0.05, 0) is 24.6 Å². The molecule has 0 atom stereocenters. The Kier molecular flexibility index (Phi) is 4.77. The summed E-state index contributed by atoms with van der Waals surface area (Å²) >= 11 is 0. The molecule has 0 aliphatic carbocycles. The maximum Gasteiger partial charge on any atom is 0.101 e. The van der Waals surface area contributed by atoms with Crippen molar-refractivity contribution in [3.8, 4) is 6.07 Å². The molecule has 1 rings (SSSR count). The normalized spacial score (nSPS) is 9.88. The van der Waals surface area contributed by atoms with Crippen molar-refractivity contribution in [3.63, 3.8) is 0 Å². The highest BCUT2D eigenvalue weighted by molar-refractivity contribution is 5.60. The van der Waals surface area contributed by atoms with E-state index in [0.29, 0.717) is 18.7 Å². The minimum atomic E-state index is -0.00125. The van der Waals surface area contributed by atoms with Crippen LogP contribution in [0.2, 0.25) is 0 Å². The van der Waals surface area contributed by atoms with Gasteiger partial charge in [0.15, 0.2) is 0 Å². The van der Waals surface area contributed by atoms with E-state index in [1.165, 1.54) is 0 Å². The van der Waals surface area contributed by atoms with Crippen LogP contribution in [-0.4, -0.2) is 36.5 Å². The number of hydrogen-bond acceptors (Lipinski definition) is 4. The number of aliphatic hydroxyl groups excluding tert-OH is 2. The molecule has 2 N–H and O–H groups in total. The first-order valence-electron chi connectivity index (χ1n) is 5.20. The van der Waals surface area contributed by atoms with E-state index in [9.17, 15) is 0 Å². The van der Waals surface area contributed by atoms with E-state index >= 15 is 0 Å². The first-order valence-corrected chi connectivity index (χ1v) is 5.20. The van der Waals surface area contributed by atoms with Gasteiger partial charge in [0.2, 0.25) is 0 Å². The van der Waals surface area contributed by atoms with Crippen molar-refractivity contribution in [2.45, 2.75) is 6.92 Å². The van der Waals surface area contributed by atoms with Gasteiger partial charge in [-0.1, -0.05) is 6.07 Å². The van der Waals surface area contributed by atoms with Crippen LogP contribution in [0, 0.1) is 18.3 Å². The Morgan fingerprint density at radius 2 is 1.88 bits per heavy atom. The van der Waals surface area contributed by atoms with Gasteiger partial charge in [-0.3, -0.25) is 0 Å². The van der Waals surface area contributed by atoms with Crippen LogP contribution in [0.15, 0.2) is 18.2 Å². The number of aryl methyl sites for hydroxylation is 1. The molecule has 1 aromatic carbocycles. The standard InChI is InChI=1S/C12H16N2O2/c1-10-2-3-12(11(8-10)9-13)14(4-6-15)5-7-16/h2-3,8,15-16H,4-7H2,1H3. The Labute approximate surface area is 95.4 Å². The van der Waals surface area contributed by atoms with Gasteiger partial charge < -0.3 is 15.1 Å². The number of anilines is 1. The third kappa shape index (κ3) is 2.96. The molecule has 1 aromatic rings. The largest absolute Gasteiger partial charge is 0.395 e. The van der Waals surface area contributed by atoms with Crippen LogP contribution in [-0.2, 0) is 0 Å². The Bertz CT molecular complexity index is 379. The zero-order valence-electron chi connectivity index (χ0n) is 9.35. The summed E-state index contributed by atoms with van der Waals surface area (Å²) in [4.78, 5) is 1.80. The molecular weight excluding hydrogens is 204 g/mol. The number of nitriles is 1. The van der Waals surface area contributed by atoms with Gasteiger partial charge in [0.1, 0.15) is 6.07 Å². The second kappa shape index (κ2) is 6.11. The molecular formula is C12H16N2O2. The molecule has 0 aliphatic rings. The molecule has 0 bridgehead atoms. The van der Waals surface area contributed by atoms with Crippen molar-refractivity contribution in [2.24, 2.45) is 0 Å². The van der Waals surface area contributed by atoms with Crippen LogP contribution in [0.1, 0.15) is 11.1 Å². The van der Waals surface area contributed by atoms with E-state index in [4.69, 9.17) is 15.5 Å². The van der Waals surface area contributed by atoms with Crippen molar-refractivity contribution in [3.05, 3.63) is 29.3 Å². The summed E-state index contributed by atoms with van der Waals surface area (Å²) in [5.41, 5.74) is 2.35. The van der Waals surface area contributed by atoms with Crippen LogP contribution in [0.25, 0.3) is 0 Å². The Morgan fingerprint density at radius 3 is 2.38 bits per heavy atom. The number of nitrogens with zero attached hydrogens (tertiary/aromatic N) is 2. The molecule has 86 valence electrons. The molecule has 0 spiro atoms. The van der Waals surface area contributed by atoms with E-state index in [-0.39, 0.29) is 13.2 Å². The topological polar surface area (TPSA) is 67.5 Å². The fourth-order valence-electron chi connectivity index (χ4n) is 1.61. The fraction of sp³-hybridized carbons (Fsp3) is 0.417. The molecule has 0 heterocycles. The lowest BCUT2D eigenvalue weighted by molar-refractivity contribution is 0.281. The maximum absolute atomic E-state index is 9.03. The SMILES string of the molecule is Cc1ccc(N(CCO)CCO)c(C#N)c1. The van der Waals surface area contributed by atoms with Gasteiger partial charge in [-0.2, -0.15) is 5.26 Å². The smallest absolute Gasteiger partial charge is 0.101 e. The molecule has 0 radical (unpaired) electrons. The summed E-state index contributed by atoms with van der Waals surface area (Å²) in [6.07, 6.45) is 0. The lowest BCUT2D eigenvalue weighted by atomic mass is 10.1. The first-order chi connectivity index (χ1) is 7.72. The average Bonchev–Trinajstić information content (AvgIpc) is 2.28. The molecule has 4 heteroatoms. The van der Waals surface area contributed by atoms with Crippen molar-refractivity contribution < 1.29 is 10.2 Å². The van der Waals surface area contributed by atoms with E-state index in [1.807, 2.05) is 19.1 Å². The molecule has 4 nitrogen and oxygen atoms in total. The lowest BCUT2D eigenvalue weighted by Crippen LogP contribution is -2.30. The second-order valence-corrected chi connectivity index (χ2v) is 3.57. The minimum absolute atomic E-state index is 0.00125. The Balaban J connectivity index is 3.03. The summed E-state index contributed by atoms with van der Waals surface area (Å²) in [5.74, 6) is 0. The summed E-state index contributed by atoms with van der Waals surface area (Å²) in [7, 11) is 0. The molecule has 0 fully saturated rings. The van der Waals surface area contributed by atoms with Crippen molar-refractivity contribution in [2.75, 3.05) is 31.2 Å². The summed E-state index contributed by atoms with van der Waals surface area (Å²) in [6.45, 7) is 2.75. The highest BCUT2D eigenvalue weighted by Crippen LogP contribution is 2.20. The molecule has 0 amide bonds. The summed E-state index contributed by atoms with van der Waals surface area (Å²) in [5, 5.41) is 26.9. The predicted octanol–water partition coefficient (Wildman–Crippen LogP) is 0.658. The monoisotopic (exact) mass is 220 g/mol. The minimum Gasteiger partial charge on any atom is -0.395 e. The average molecular weight is 220 g/mol. The molecule has 0 saturated heterocycles. The third-order valence-corrected chi connectivity index (χ3v) is 2.35. The number of benzene rings is 1. The van der Waals surface area contributed by atoms with Crippen LogP contribution >= 0.6 is 0 Å². The summed E-state index contributed by atoms with van der Waals surface area (Å²) in [6, 6.07) is 7.69. The fourth-order valence-corrected chi connectivity index (χ4v) is 1.61. The molecule has 0 aliphatic heterocycles. The number of aliphatic hydroxyl groups is 2. The van der Waals surface area contributed by atoms with Crippen LogP contribution < -0.4 is 4.90 Å².